The molecule has 0 radical (unpaired) electrons. The summed E-state index contributed by atoms with van der Waals surface area (Å²) in [6, 6.07) is 12.7. The van der Waals surface area contributed by atoms with E-state index in [-0.39, 0.29) is 16.9 Å². The third-order valence-electron chi connectivity index (χ3n) is 3.48. The maximum Gasteiger partial charge on any atom is 0.228 e. The van der Waals surface area contributed by atoms with E-state index in [1.165, 1.54) is 0 Å². The molecule has 0 unspecified atom stereocenters. The zero-order chi connectivity index (χ0) is 18.0. The van der Waals surface area contributed by atoms with Crippen LogP contribution in [0.25, 0.3) is 22.6 Å². The van der Waals surface area contributed by atoms with Gasteiger partial charge in [-0.1, -0.05) is 31.5 Å². The Morgan fingerprint density at radius 2 is 2.04 bits per heavy atom. The lowest BCUT2D eigenvalue weighted by Gasteiger charge is -2.11. The number of oxazole rings is 1. The van der Waals surface area contributed by atoms with Crippen LogP contribution in [0.4, 0.5) is 5.69 Å². The third kappa shape index (κ3) is 4.15. The smallest absolute Gasteiger partial charge is 0.228 e. The Kier molecular flexibility index (Phi) is 5.01. The highest BCUT2D eigenvalue weighted by Gasteiger charge is 2.11. The largest absolute Gasteiger partial charge is 0.436 e. The molecule has 128 valence electrons. The second kappa shape index (κ2) is 7.21. The van der Waals surface area contributed by atoms with Gasteiger partial charge in [0.05, 0.1) is 0 Å². The highest BCUT2D eigenvalue weighted by molar-refractivity contribution is 7.80. The summed E-state index contributed by atoms with van der Waals surface area (Å²) in [6.45, 7) is 3.61. The first kappa shape index (κ1) is 17.4. The number of anilines is 1. The number of amides is 1. The summed E-state index contributed by atoms with van der Waals surface area (Å²) in [5, 5.41) is 6.49. The third-order valence-corrected chi connectivity index (χ3v) is 3.92. The Balaban J connectivity index is 1.80. The molecule has 0 aliphatic heterocycles. The van der Waals surface area contributed by atoms with Crippen molar-refractivity contribution in [3.8, 4) is 11.5 Å². The second-order valence-corrected chi connectivity index (χ2v) is 6.65. The van der Waals surface area contributed by atoms with Gasteiger partial charge in [0.2, 0.25) is 11.8 Å². The lowest BCUT2D eigenvalue weighted by Crippen LogP contribution is -2.36. The van der Waals surface area contributed by atoms with Gasteiger partial charge in [0.15, 0.2) is 10.7 Å². The zero-order valence-corrected chi connectivity index (χ0v) is 15.2. The summed E-state index contributed by atoms with van der Waals surface area (Å²) in [4.78, 5) is 16.1. The Labute approximate surface area is 155 Å². The van der Waals surface area contributed by atoms with Crippen molar-refractivity contribution in [1.82, 2.24) is 10.3 Å². The molecule has 0 saturated carbocycles. The monoisotopic (exact) mass is 373 g/mol. The molecule has 1 aromatic heterocycles. The minimum absolute atomic E-state index is 0.135. The summed E-state index contributed by atoms with van der Waals surface area (Å²) < 4.78 is 5.76. The van der Waals surface area contributed by atoms with Crippen molar-refractivity contribution < 1.29 is 9.21 Å². The van der Waals surface area contributed by atoms with Gasteiger partial charge < -0.3 is 15.1 Å². The number of rotatable bonds is 3. The lowest BCUT2D eigenvalue weighted by molar-refractivity contribution is -0.122. The predicted octanol–water partition coefficient (Wildman–Crippen LogP) is 4.62. The maximum atomic E-state index is 11.7. The van der Waals surface area contributed by atoms with E-state index in [1.54, 1.807) is 32.0 Å². The van der Waals surface area contributed by atoms with Gasteiger partial charge in [-0.2, -0.15) is 0 Å². The number of hydrogen-bond donors (Lipinski definition) is 2. The summed E-state index contributed by atoms with van der Waals surface area (Å²) >= 11 is 11.1. The Morgan fingerprint density at radius 3 is 2.80 bits per heavy atom. The van der Waals surface area contributed by atoms with Gasteiger partial charge in [-0.25, -0.2) is 4.98 Å². The molecule has 0 spiro atoms. The van der Waals surface area contributed by atoms with Gasteiger partial charge in [-0.15, -0.1) is 0 Å². The molecule has 5 nitrogen and oxygen atoms in total. The van der Waals surface area contributed by atoms with Crippen LogP contribution in [0.1, 0.15) is 13.8 Å². The van der Waals surface area contributed by atoms with Crippen molar-refractivity contribution >= 4 is 51.6 Å². The molecule has 3 rings (SSSR count). The minimum atomic E-state index is -0.141. The van der Waals surface area contributed by atoms with E-state index < -0.39 is 0 Å². The molecule has 0 fully saturated rings. The number of fused-ring (bicyclic) bond motifs is 1. The highest BCUT2D eigenvalue weighted by Crippen LogP contribution is 2.27. The van der Waals surface area contributed by atoms with Crippen molar-refractivity contribution in [1.29, 1.82) is 0 Å². The number of hydrogen-bond acceptors (Lipinski definition) is 4. The van der Waals surface area contributed by atoms with E-state index >= 15 is 0 Å². The maximum absolute atomic E-state index is 11.7. The normalized spacial score (nSPS) is 10.9. The minimum Gasteiger partial charge on any atom is -0.436 e. The number of nitrogens with zero attached hydrogens (tertiary/aromatic N) is 1. The Bertz CT molecular complexity index is 952. The number of thiocarbonyl (C=S) groups is 1. The van der Waals surface area contributed by atoms with Crippen molar-refractivity contribution in [2.45, 2.75) is 13.8 Å². The van der Waals surface area contributed by atoms with Gasteiger partial charge in [-0.3, -0.25) is 4.79 Å². The standard InChI is InChI=1S/C18H16ClN3O2S/c1-10(2)16(23)22-18(25)20-13-5-3-4-11(8-13)17-21-14-9-12(19)6-7-15(14)24-17/h3-10H,1-2H3,(H2,20,22,23,25). The van der Waals surface area contributed by atoms with Crippen LogP contribution in [-0.4, -0.2) is 16.0 Å². The van der Waals surface area contributed by atoms with Crippen LogP contribution in [0.3, 0.4) is 0 Å². The van der Waals surface area contributed by atoms with E-state index in [2.05, 4.69) is 15.6 Å². The molecule has 0 saturated heterocycles. The number of nitrogens with one attached hydrogen (secondary N) is 2. The average Bonchev–Trinajstić information content (AvgIpc) is 2.98. The van der Waals surface area contributed by atoms with E-state index in [9.17, 15) is 4.79 Å². The highest BCUT2D eigenvalue weighted by atomic mass is 35.5. The molecule has 3 aromatic rings. The zero-order valence-electron chi connectivity index (χ0n) is 13.7. The molecule has 0 bridgehead atoms. The summed E-state index contributed by atoms with van der Waals surface area (Å²) in [7, 11) is 0. The SMILES string of the molecule is CC(C)C(=O)NC(=S)Nc1cccc(-c2nc3cc(Cl)ccc3o2)c1. The van der Waals surface area contributed by atoms with Crippen molar-refractivity contribution in [3.05, 3.63) is 47.5 Å². The van der Waals surface area contributed by atoms with Crippen LogP contribution in [-0.2, 0) is 4.79 Å². The Morgan fingerprint density at radius 1 is 1.24 bits per heavy atom. The fourth-order valence-corrected chi connectivity index (χ4v) is 2.56. The Hall–Kier alpha value is -2.44. The van der Waals surface area contributed by atoms with Gasteiger partial charge in [0.1, 0.15) is 5.52 Å². The molecule has 0 aliphatic rings. The van der Waals surface area contributed by atoms with E-state index in [0.717, 1.165) is 11.3 Å². The predicted molar refractivity (Wildman–Crippen MR) is 104 cm³/mol. The first-order valence-electron chi connectivity index (χ1n) is 7.71. The van der Waals surface area contributed by atoms with E-state index in [0.29, 0.717) is 22.0 Å². The van der Waals surface area contributed by atoms with Crippen LogP contribution in [0, 0.1) is 5.92 Å². The number of aromatic nitrogens is 1. The molecule has 25 heavy (non-hydrogen) atoms. The number of halogens is 1. The van der Waals surface area contributed by atoms with Crippen LogP contribution in [0.5, 0.6) is 0 Å². The van der Waals surface area contributed by atoms with Crippen LogP contribution in [0.2, 0.25) is 5.02 Å². The fourth-order valence-electron chi connectivity index (χ4n) is 2.17. The number of carbonyl (C=O) groups excluding carboxylic acids is 1. The van der Waals surface area contributed by atoms with Crippen molar-refractivity contribution in [2.75, 3.05) is 5.32 Å². The van der Waals surface area contributed by atoms with Crippen molar-refractivity contribution in [3.63, 3.8) is 0 Å². The second-order valence-electron chi connectivity index (χ2n) is 5.81. The number of carbonyl (C=O) groups is 1. The quantitative estimate of drug-likeness (QED) is 0.656. The topological polar surface area (TPSA) is 67.2 Å². The molecule has 1 amide bonds. The lowest BCUT2D eigenvalue weighted by atomic mass is 10.2. The molecule has 7 heteroatoms. The number of benzene rings is 2. The first-order valence-corrected chi connectivity index (χ1v) is 8.49. The van der Waals surface area contributed by atoms with Crippen LogP contribution in [0.15, 0.2) is 46.9 Å². The molecule has 0 atom stereocenters. The molecule has 0 aliphatic carbocycles. The molecule has 1 heterocycles. The van der Waals surface area contributed by atoms with E-state index in [4.69, 9.17) is 28.2 Å². The van der Waals surface area contributed by atoms with Crippen LogP contribution < -0.4 is 10.6 Å². The molecule has 2 N–H and O–H groups in total. The fraction of sp³-hybridized carbons (Fsp3) is 0.167. The van der Waals surface area contributed by atoms with Gasteiger partial charge in [0.25, 0.3) is 0 Å². The van der Waals surface area contributed by atoms with Gasteiger partial charge in [0, 0.05) is 22.2 Å². The molecule has 2 aromatic carbocycles. The van der Waals surface area contributed by atoms with Crippen LogP contribution >= 0.6 is 23.8 Å². The van der Waals surface area contributed by atoms with E-state index in [1.807, 2.05) is 24.3 Å². The summed E-state index contributed by atoms with van der Waals surface area (Å²) in [6.07, 6.45) is 0. The molecular formula is C18H16ClN3O2S. The van der Waals surface area contributed by atoms with Crippen molar-refractivity contribution in [2.24, 2.45) is 5.92 Å². The van der Waals surface area contributed by atoms with Gasteiger partial charge >= 0.3 is 0 Å². The van der Waals surface area contributed by atoms with Gasteiger partial charge in [-0.05, 0) is 48.6 Å². The molecular weight excluding hydrogens is 358 g/mol. The first-order chi connectivity index (χ1) is 11.9. The average molecular weight is 374 g/mol. The summed E-state index contributed by atoms with van der Waals surface area (Å²) in [5.74, 6) is 0.209. The summed E-state index contributed by atoms with van der Waals surface area (Å²) in [5.41, 5.74) is 2.88.